The predicted octanol–water partition coefficient (Wildman–Crippen LogP) is 5.11. The maximum Gasteiger partial charge on any atom is 0.0594 e. The van der Waals surface area contributed by atoms with E-state index >= 15 is 0 Å². The molecule has 0 amide bonds. The molecule has 2 saturated carbocycles. The van der Waals surface area contributed by atoms with Crippen molar-refractivity contribution in [3.05, 3.63) is 24.3 Å². The van der Waals surface area contributed by atoms with E-state index < -0.39 is 0 Å². The van der Waals surface area contributed by atoms with E-state index in [1.807, 2.05) is 0 Å². The van der Waals surface area contributed by atoms with Crippen LogP contribution in [0.4, 0.5) is 0 Å². The van der Waals surface area contributed by atoms with Crippen molar-refractivity contribution in [1.82, 2.24) is 0 Å². The molecule has 118 valence electrons. The molecule has 1 N–H and O–H groups in total. The first-order chi connectivity index (χ1) is 9.73. The largest absolute Gasteiger partial charge is 0.393 e. The summed E-state index contributed by atoms with van der Waals surface area (Å²) in [5.41, 5.74) is 2.42. The third-order valence-electron chi connectivity index (χ3n) is 7.47. The van der Waals surface area contributed by atoms with E-state index in [0.717, 1.165) is 18.8 Å². The van der Waals surface area contributed by atoms with Crippen molar-refractivity contribution < 1.29 is 5.11 Å². The zero-order valence-electron chi connectivity index (χ0n) is 14.3. The number of hydrogen-bond donors (Lipinski definition) is 1. The molecule has 3 aliphatic rings. The predicted molar refractivity (Wildman–Crippen MR) is 89.0 cm³/mol. The van der Waals surface area contributed by atoms with Crippen molar-refractivity contribution in [3.8, 4) is 0 Å². The summed E-state index contributed by atoms with van der Waals surface area (Å²) < 4.78 is 0. The van der Waals surface area contributed by atoms with Crippen molar-refractivity contribution in [1.29, 1.82) is 0 Å². The lowest BCUT2D eigenvalue weighted by molar-refractivity contribution is -0.120. The smallest absolute Gasteiger partial charge is 0.0594 e. The Bertz CT molecular complexity index is 474. The molecular weight excluding hydrogens is 256 g/mol. The molecule has 21 heavy (non-hydrogen) atoms. The molecule has 1 heteroatoms. The molecule has 0 saturated heterocycles. The summed E-state index contributed by atoms with van der Waals surface area (Å²) >= 11 is 0. The summed E-state index contributed by atoms with van der Waals surface area (Å²) in [7, 11) is 0. The second-order valence-electron chi connectivity index (χ2n) is 9.08. The molecule has 0 heterocycles. The van der Waals surface area contributed by atoms with E-state index in [9.17, 15) is 5.11 Å². The SMILES string of the molecule is C=C[C@@]1(C)CC[C@H]2C(=CC[C@H]3C(C)(C)[C@@H](O)CC[C@]23C)C1. The number of aliphatic hydroxyl groups excluding tert-OH is 1. The lowest BCUT2D eigenvalue weighted by Gasteiger charge is -2.60. The van der Waals surface area contributed by atoms with Crippen LogP contribution in [0.3, 0.4) is 0 Å². The molecule has 0 unspecified atom stereocenters. The van der Waals surface area contributed by atoms with Crippen LogP contribution in [0.25, 0.3) is 0 Å². The van der Waals surface area contributed by atoms with Crippen LogP contribution in [-0.2, 0) is 0 Å². The van der Waals surface area contributed by atoms with Crippen LogP contribution >= 0.6 is 0 Å². The van der Waals surface area contributed by atoms with Crippen LogP contribution in [-0.4, -0.2) is 11.2 Å². The highest BCUT2D eigenvalue weighted by Crippen LogP contribution is 2.63. The molecule has 0 radical (unpaired) electrons. The average Bonchev–Trinajstić information content (AvgIpc) is 2.43. The van der Waals surface area contributed by atoms with E-state index in [1.165, 1.54) is 25.7 Å². The van der Waals surface area contributed by atoms with E-state index in [4.69, 9.17) is 0 Å². The van der Waals surface area contributed by atoms with Crippen LogP contribution in [0.2, 0.25) is 0 Å². The van der Waals surface area contributed by atoms with Crippen LogP contribution in [0, 0.1) is 28.1 Å². The van der Waals surface area contributed by atoms with Crippen LogP contribution in [0.5, 0.6) is 0 Å². The van der Waals surface area contributed by atoms with Gasteiger partial charge in [-0.1, -0.05) is 45.4 Å². The number of allylic oxidation sites excluding steroid dienone is 3. The van der Waals surface area contributed by atoms with Crippen LogP contribution in [0.1, 0.15) is 66.2 Å². The first-order valence-electron chi connectivity index (χ1n) is 8.73. The van der Waals surface area contributed by atoms with Gasteiger partial charge in [0.15, 0.2) is 0 Å². The molecule has 2 fully saturated rings. The maximum atomic E-state index is 10.5. The summed E-state index contributed by atoms with van der Waals surface area (Å²) in [4.78, 5) is 0. The summed E-state index contributed by atoms with van der Waals surface area (Å²) in [6, 6.07) is 0. The second-order valence-corrected chi connectivity index (χ2v) is 9.08. The van der Waals surface area contributed by atoms with Gasteiger partial charge in [-0.15, -0.1) is 6.58 Å². The molecule has 0 spiro atoms. The first-order valence-corrected chi connectivity index (χ1v) is 8.73. The molecule has 3 aliphatic carbocycles. The second kappa shape index (κ2) is 4.72. The van der Waals surface area contributed by atoms with Crippen molar-refractivity contribution in [2.45, 2.75) is 72.3 Å². The molecule has 0 aromatic heterocycles. The third kappa shape index (κ3) is 2.15. The van der Waals surface area contributed by atoms with E-state index in [0.29, 0.717) is 16.7 Å². The fourth-order valence-electron chi connectivity index (χ4n) is 5.81. The monoisotopic (exact) mass is 288 g/mol. The Morgan fingerprint density at radius 1 is 1.19 bits per heavy atom. The number of aliphatic hydroxyl groups is 1. The average molecular weight is 288 g/mol. The molecule has 0 aliphatic heterocycles. The maximum absolute atomic E-state index is 10.5. The van der Waals surface area contributed by atoms with Crippen LogP contribution < -0.4 is 0 Å². The fraction of sp³-hybridized carbons (Fsp3) is 0.800. The Balaban J connectivity index is 1.95. The van der Waals surface area contributed by atoms with Crippen molar-refractivity contribution >= 4 is 0 Å². The van der Waals surface area contributed by atoms with Gasteiger partial charge in [0, 0.05) is 0 Å². The summed E-state index contributed by atoms with van der Waals surface area (Å²) in [6.07, 6.45) is 11.7. The molecule has 5 atom stereocenters. The Morgan fingerprint density at radius 3 is 2.57 bits per heavy atom. The van der Waals surface area contributed by atoms with Gasteiger partial charge in [0.1, 0.15) is 0 Å². The molecule has 0 aromatic carbocycles. The Morgan fingerprint density at radius 2 is 1.90 bits per heavy atom. The summed E-state index contributed by atoms with van der Waals surface area (Å²) in [5, 5.41) is 10.5. The fourth-order valence-corrected chi connectivity index (χ4v) is 5.81. The summed E-state index contributed by atoms with van der Waals surface area (Å²) in [5.74, 6) is 1.35. The number of hydrogen-bond acceptors (Lipinski definition) is 1. The Labute approximate surface area is 130 Å². The molecule has 3 rings (SSSR count). The van der Waals surface area contributed by atoms with Gasteiger partial charge < -0.3 is 5.11 Å². The van der Waals surface area contributed by atoms with Gasteiger partial charge in [-0.3, -0.25) is 0 Å². The zero-order valence-corrected chi connectivity index (χ0v) is 14.3. The highest BCUT2D eigenvalue weighted by atomic mass is 16.3. The van der Waals surface area contributed by atoms with Crippen LogP contribution in [0.15, 0.2) is 24.3 Å². The summed E-state index contributed by atoms with van der Waals surface area (Å²) in [6.45, 7) is 13.5. The molecular formula is C20H32O. The quantitative estimate of drug-likeness (QED) is 0.665. The molecule has 0 aromatic rings. The minimum absolute atomic E-state index is 0.0498. The number of fused-ring (bicyclic) bond motifs is 3. The van der Waals surface area contributed by atoms with Gasteiger partial charge in [0.05, 0.1) is 6.10 Å². The van der Waals surface area contributed by atoms with E-state index in [2.05, 4.69) is 46.4 Å². The minimum Gasteiger partial charge on any atom is -0.393 e. The van der Waals surface area contributed by atoms with Gasteiger partial charge in [-0.25, -0.2) is 0 Å². The van der Waals surface area contributed by atoms with Gasteiger partial charge in [-0.05, 0) is 66.6 Å². The highest BCUT2D eigenvalue weighted by Gasteiger charge is 2.56. The molecule has 0 bridgehead atoms. The van der Waals surface area contributed by atoms with Gasteiger partial charge in [0.2, 0.25) is 0 Å². The normalized spacial score (nSPS) is 48.8. The lowest BCUT2D eigenvalue weighted by Crippen LogP contribution is -2.55. The van der Waals surface area contributed by atoms with Gasteiger partial charge in [0.25, 0.3) is 0 Å². The Hall–Kier alpha value is -0.560. The first kappa shape index (κ1) is 15.3. The third-order valence-corrected chi connectivity index (χ3v) is 7.47. The number of rotatable bonds is 1. The topological polar surface area (TPSA) is 20.2 Å². The zero-order chi connectivity index (χ0) is 15.5. The minimum atomic E-state index is -0.132. The highest BCUT2D eigenvalue weighted by molar-refractivity contribution is 5.25. The van der Waals surface area contributed by atoms with E-state index in [1.54, 1.807) is 5.57 Å². The van der Waals surface area contributed by atoms with E-state index in [-0.39, 0.29) is 11.5 Å². The van der Waals surface area contributed by atoms with Crippen molar-refractivity contribution in [2.24, 2.45) is 28.1 Å². The van der Waals surface area contributed by atoms with Crippen molar-refractivity contribution in [2.75, 3.05) is 0 Å². The van der Waals surface area contributed by atoms with Gasteiger partial charge in [-0.2, -0.15) is 0 Å². The van der Waals surface area contributed by atoms with Crippen molar-refractivity contribution in [3.63, 3.8) is 0 Å². The Kier molecular flexibility index (Phi) is 3.44. The lowest BCUT2D eigenvalue weighted by atomic mass is 9.45. The standard InChI is InChI=1S/C20H32O/c1-6-19(4)11-9-15-14(13-19)7-8-16-18(2,3)17(21)10-12-20(15,16)5/h6-7,15-17,21H,1,8-13H2,2-5H3/t15-,16-,17-,19-,20+/m0/s1. The molecule has 1 nitrogen and oxygen atoms in total. The van der Waals surface area contributed by atoms with Gasteiger partial charge >= 0.3 is 0 Å².